The molecule has 2 N–H and O–H groups in total. The average Bonchev–Trinajstić information content (AvgIpc) is 2.81. The van der Waals surface area contributed by atoms with Gasteiger partial charge in [0, 0.05) is 17.4 Å². The van der Waals surface area contributed by atoms with Crippen LogP contribution < -0.4 is 5.73 Å². The number of alkyl halides is 3. The van der Waals surface area contributed by atoms with Crippen LogP contribution in [0.4, 0.5) is 18.9 Å². The van der Waals surface area contributed by atoms with E-state index >= 15 is 0 Å². The van der Waals surface area contributed by atoms with E-state index in [9.17, 15) is 13.2 Å². The summed E-state index contributed by atoms with van der Waals surface area (Å²) in [6.07, 6.45) is -2.69. The van der Waals surface area contributed by atoms with Crippen molar-refractivity contribution in [2.75, 3.05) is 5.73 Å². The summed E-state index contributed by atoms with van der Waals surface area (Å²) in [5.41, 5.74) is 5.96. The Morgan fingerprint density at radius 3 is 2.55 bits per heavy atom. The zero-order chi connectivity index (χ0) is 14.3. The van der Waals surface area contributed by atoms with Gasteiger partial charge < -0.3 is 5.73 Å². The summed E-state index contributed by atoms with van der Waals surface area (Å²) >= 11 is 0. The van der Waals surface area contributed by atoms with Gasteiger partial charge in [0.15, 0.2) is 11.5 Å². The summed E-state index contributed by atoms with van der Waals surface area (Å²) in [6.45, 7) is 0. The molecule has 7 heteroatoms. The minimum absolute atomic E-state index is 0.0120. The van der Waals surface area contributed by atoms with Crippen molar-refractivity contribution in [1.29, 1.82) is 0 Å². The Labute approximate surface area is 111 Å². The first-order valence-corrected chi connectivity index (χ1v) is 5.73. The molecule has 3 aromatic rings. The molecule has 0 aliphatic heterocycles. The van der Waals surface area contributed by atoms with Gasteiger partial charge in [0.2, 0.25) is 0 Å². The Hall–Kier alpha value is -2.57. The molecule has 2 aromatic heterocycles. The second-order valence-electron chi connectivity index (χ2n) is 4.25. The molecule has 0 radical (unpaired) electrons. The first kappa shape index (κ1) is 12.5. The molecule has 4 nitrogen and oxygen atoms in total. The summed E-state index contributed by atoms with van der Waals surface area (Å²) in [6, 6.07) is 8.51. The largest absolute Gasteiger partial charge is 0.416 e. The highest BCUT2D eigenvalue weighted by Crippen LogP contribution is 2.34. The standard InChI is InChI=1S/C13H9F3N4/c14-13(15,16)8-4-5-9(10(17)7-8)12-19-18-11-3-1-2-6-20(11)12/h1-7H,17H2. The van der Waals surface area contributed by atoms with E-state index in [1.54, 1.807) is 28.8 Å². The van der Waals surface area contributed by atoms with E-state index in [1.807, 2.05) is 0 Å². The topological polar surface area (TPSA) is 56.2 Å². The van der Waals surface area contributed by atoms with Gasteiger partial charge >= 0.3 is 6.18 Å². The lowest BCUT2D eigenvalue weighted by molar-refractivity contribution is -0.137. The summed E-state index contributed by atoms with van der Waals surface area (Å²) in [5.74, 6) is 0.409. The lowest BCUT2D eigenvalue weighted by Crippen LogP contribution is -2.06. The van der Waals surface area contributed by atoms with E-state index < -0.39 is 11.7 Å². The van der Waals surface area contributed by atoms with Crippen LogP contribution in [0.5, 0.6) is 0 Å². The maximum Gasteiger partial charge on any atom is 0.416 e. The van der Waals surface area contributed by atoms with E-state index in [0.29, 0.717) is 17.0 Å². The minimum Gasteiger partial charge on any atom is -0.398 e. The molecule has 0 fully saturated rings. The number of anilines is 1. The highest BCUT2D eigenvalue weighted by Gasteiger charge is 2.31. The van der Waals surface area contributed by atoms with Crippen molar-refractivity contribution in [2.45, 2.75) is 6.18 Å². The third kappa shape index (κ3) is 1.97. The van der Waals surface area contributed by atoms with Crippen LogP contribution >= 0.6 is 0 Å². The number of hydrogen-bond donors (Lipinski definition) is 1. The molecule has 0 atom stereocenters. The van der Waals surface area contributed by atoms with E-state index in [2.05, 4.69) is 10.2 Å². The van der Waals surface area contributed by atoms with Crippen LogP contribution in [-0.2, 0) is 6.18 Å². The Morgan fingerprint density at radius 1 is 1.05 bits per heavy atom. The predicted molar refractivity (Wildman–Crippen MR) is 67.8 cm³/mol. The van der Waals surface area contributed by atoms with Gasteiger partial charge in [-0.2, -0.15) is 13.2 Å². The fourth-order valence-corrected chi connectivity index (χ4v) is 1.97. The molecule has 0 bridgehead atoms. The molecule has 1 aromatic carbocycles. The number of nitrogens with zero attached hydrogens (tertiary/aromatic N) is 3. The molecule has 3 rings (SSSR count). The number of fused-ring (bicyclic) bond motifs is 1. The number of pyridine rings is 1. The van der Waals surface area contributed by atoms with Gasteiger partial charge in [0.25, 0.3) is 0 Å². The van der Waals surface area contributed by atoms with Crippen LogP contribution in [0.25, 0.3) is 17.0 Å². The second-order valence-corrected chi connectivity index (χ2v) is 4.25. The fraction of sp³-hybridized carbons (Fsp3) is 0.0769. The van der Waals surface area contributed by atoms with Crippen LogP contribution in [0, 0.1) is 0 Å². The third-order valence-electron chi connectivity index (χ3n) is 2.93. The summed E-state index contributed by atoms with van der Waals surface area (Å²) in [4.78, 5) is 0. The Balaban J connectivity index is 2.16. The molecule has 0 amide bonds. The lowest BCUT2D eigenvalue weighted by Gasteiger charge is -2.09. The van der Waals surface area contributed by atoms with E-state index in [0.717, 1.165) is 12.1 Å². The summed E-state index contributed by atoms with van der Waals surface area (Å²) in [5, 5.41) is 7.91. The minimum atomic E-state index is -4.42. The zero-order valence-corrected chi connectivity index (χ0v) is 10.1. The second kappa shape index (κ2) is 4.22. The van der Waals surface area contributed by atoms with Gasteiger partial charge in [-0.05, 0) is 30.3 Å². The number of rotatable bonds is 1. The number of nitrogens with two attached hydrogens (primary N) is 1. The van der Waals surface area contributed by atoms with Crippen molar-refractivity contribution in [2.24, 2.45) is 0 Å². The maximum absolute atomic E-state index is 12.6. The van der Waals surface area contributed by atoms with Crippen LogP contribution in [0.3, 0.4) is 0 Å². The normalized spacial score (nSPS) is 11.9. The quantitative estimate of drug-likeness (QED) is 0.696. The van der Waals surface area contributed by atoms with Crippen molar-refractivity contribution in [1.82, 2.24) is 14.6 Å². The van der Waals surface area contributed by atoms with Gasteiger partial charge in [-0.3, -0.25) is 4.40 Å². The van der Waals surface area contributed by atoms with Crippen LogP contribution in [0.15, 0.2) is 42.6 Å². The number of nitrogen functional groups attached to an aromatic ring is 1. The molecule has 0 unspecified atom stereocenters. The maximum atomic E-state index is 12.6. The molecule has 0 aliphatic rings. The van der Waals surface area contributed by atoms with E-state index in [4.69, 9.17) is 5.73 Å². The predicted octanol–water partition coefficient (Wildman–Crippen LogP) is 3.00. The van der Waals surface area contributed by atoms with Crippen molar-refractivity contribution in [3.8, 4) is 11.4 Å². The third-order valence-corrected chi connectivity index (χ3v) is 2.93. The van der Waals surface area contributed by atoms with E-state index in [-0.39, 0.29) is 5.69 Å². The first-order valence-electron chi connectivity index (χ1n) is 5.73. The van der Waals surface area contributed by atoms with Gasteiger partial charge in [-0.15, -0.1) is 10.2 Å². The van der Waals surface area contributed by atoms with Crippen LogP contribution in [0.1, 0.15) is 5.56 Å². The number of hydrogen-bond acceptors (Lipinski definition) is 3. The van der Waals surface area contributed by atoms with Crippen molar-refractivity contribution in [3.63, 3.8) is 0 Å². The zero-order valence-electron chi connectivity index (χ0n) is 10.1. The van der Waals surface area contributed by atoms with Crippen molar-refractivity contribution in [3.05, 3.63) is 48.2 Å². The van der Waals surface area contributed by atoms with Crippen molar-refractivity contribution >= 4 is 11.3 Å². The first-order chi connectivity index (χ1) is 9.47. The molecule has 0 spiro atoms. The van der Waals surface area contributed by atoms with Gasteiger partial charge in [-0.1, -0.05) is 6.07 Å². The molecule has 0 saturated carbocycles. The molecule has 102 valence electrons. The molecular weight excluding hydrogens is 269 g/mol. The summed E-state index contributed by atoms with van der Waals surface area (Å²) in [7, 11) is 0. The van der Waals surface area contributed by atoms with Crippen molar-refractivity contribution < 1.29 is 13.2 Å². The van der Waals surface area contributed by atoms with Crippen LogP contribution in [-0.4, -0.2) is 14.6 Å². The molecular formula is C13H9F3N4. The number of aromatic nitrogens is 3. The molecule has 2 heterocycles. The smallest absolute Gasteiger partial charge is 0.398 e. The molecule has 0 aliphatic carbocycles. The van der Waals surface area contributed by atoms with Gasteiger partial charge in [-0.25, -0.2) is 0 Å². The molecule has 0 saturated heterocycles. The van der Waals surface area contributed by atoms with Gasteiger partial charge in [0.1, 0.15) is 0 Å². The number of halogens is 3. The Bertz CT molecular complexity index is 777. The van der Waals surface area contributed by atoms with Crippen LogP contribution in [0.2, 0.25) is 0 Å². The Morgan fingerprint density at radius 2 is 1.85 bits per heavy atom. The SMILES string of the molecule is Nc1cc(C(F)(F)F)ccc1-c1nnc2ccccn12. The highest BCUT2D eigenvalue weighted by molar-refractivity contribution is 5.73. The lowest BCUT2D eigenvalue weighted by atomic mass is 10.1. The van der Waals surface area contributed by atoms with Gasteiger partial charge in [0.05, 0.1) is 5.56 Å². The summed E-state index contributed by atoms with van der Waals surface area (Å²) < 4.78 is 39.5. The molecule has 20 heavy (non-hydrogen) atoms. The fourth-order valence-electron chi connectivity index (χ4n) is 1.97. The number of benzene rings is 1. The van der Waals surface area contributed by atoms with E-state index in [1.165, 1.54) is 6.07 Å². The average molecular weight is 278 g/mol. The Kier molecular flexibility index (Phi) is 2.63. The highest BCUT2D eigenvalue weighted by atomic mass is 19.4. The monoisotopic (exact) mass is 278 g/mol.